The summed E-state index contributed by atoms with van der Waals surface area (Å²) in [5.41, 5.74) is 1.11. The van der Waals surface area contributed by atoms with Crippen LogP contribution in [0, 0.1) is 0 Å². The van der Waals surface area contributed by atoms with E-state index >= 15 is 0 Å². The van der Waals surface area contributed by atoms with Gasteiger partial charge >= 0.3 is 0 Å². The van der Waals surface area contributed by atoms with Crippen LogP contribution in [-0.4, -0.2) is 42.4 Å². The first kappa shape index (κ1) is 14.8. The highest BCUT2D eigenvalue weighted by Crippen LogP contribution is 2.30. The molecule has 110 valence electrons. The van der Waals surface area contributed by atoms with Gasteiger partial charge in [0, 0.05) is 25.0 Å². The van der Waals surface area contributed by atoms with E-state index in [1.54, 1.807) is 21.0 Å². The molecule has 0 unspecified atom stereocenters. The third kappa shape index (κ3) is 3.13. The molecule has 5 heteroatoms. The lowest BCUT2D eigenvalue weighted by Gasteiger charge is -2.15. The van der Waals surface area contributed by atoms with E-state index in [0.29, 0.717) is 17.0 Å². The Hall–Kier alpha value is -2.56. The van der Waals surface area contributed by atoms with Crippen LogP contribution in [0.1, 0.15) is 12.5 Å². The Labute approximate surface area is 123 Å². The molecule has 1 amide bonds. The van der Waals surface area contributed by atoms with E-state index < -0.39 is 0 Å². The maximum Gasteiger partial charge on any atom is 0.259 e. The molecule has 0 bridgehead atoms. The monoisotopic (exact) mass is 286 g/mol. The van der Waals surface area contributed by atoms with Gasteiger partial charge in [-0.05, 0) is 18.4 Å². The first-order valence-electron chi connectivity index (χ1n) is 6.58. The maximum atomic E-state index is 11.7. The first-order valence-corrected chi connectivity index (χ1v) is 6.58. The van der Waals surface area contributed by atoms with Crippen molar-refractivity contribution in [1.29, 1.82) is 0 Å². The van der Waals surface area contributed by atoms with Crippen LogP contribution in [0.3, 0.4) is 0 Å². The number of oxime groups is 1. The van der Waals surface area contributed by atoms with Crippen molar-refractivity contribution in [3.8, 4) is 5.75 Å². The third-order valence-corrected chi connectivity index (χ3v) is 3.26. The van der Waals surface area contributed by atoms with E-state index in [1.807, 2.05) is 36.4 Å². The summed E-state index contributed by atoms with van der Waals surface area (Å²) in [5, 5.41) is 14.1. The van der Waals surface area contributed by atoms with E-state index in [0.717, 1.165) is 10.8 Å². The summed E-state index contributed by atoms with van der Waals surface area (Å²) in [5.74, 6) is 0.422. The Morgan fingerprint density at radius 2 is 1.95 bits per heavy atom. The number of nitrogens with zero attached hydrogens (tertiary/aromatic N) is 2. The van der Waals surface area contributed by atoms with Gasteiger partial charge in [0.1, 0.15) is 5.75 Å². The molecule has 0 saturated heterocycles. The number of fused-ring (bicyclic) bond motifs is 1. The Morgan fingerprint density at radius 3 is 2.62 bits per heavy atom. The standard InChI is InChI=1S/C16H18N2O3/c1-11(17-20)13-9-8-12-6-4-5-7-14(12)16(13)21-10-15(19)18(2)3/h4-9,20H,10H2,1-3H3/b17-11+. The molecule has 2 rings (SSSR count). The van der Waals surface area contributed by atoms with Gasteiger partial charge in [0.2, 0.25) is 0 Å². The topological polar surface area (TPSA) is 62.1 Å². The average molecular weight is 286 g/mol. The van der Waals surface area contributed by atoms with Gasteiger partial charge in [-0.1, -0.05) is 35.5 Å². The molecule has 21 heavy (non-hydrogen) atoms. The van der Waals surface area contributed by atoms with Crippen molar-refractivity contribution in [1.82, 2.24) is 4.90 Å². The second-order valence-electron chi connectivity index (χ2n) is 4.93. The van der Waals surface area contributed by atoms with Crippen LogP contribution in [-0.2, 0) is 4.79 Å². The Morgan fingerprint density at radius 1 is 1.24 bits per heavy atom. The van der Waals surface area contributed by atoms with Crippen molar-refractivity contribution in [3.63, 3.8) is 0 Å². The number of amides is 1. The largest absolute Gasteiger partial charge is 0.482 e. The number of hydrogen-bond donors (Lipinski definition) is 1. The average Bonchev–Trinajstić information content (AvgIpc) is 2.51. The van der Waals surface area contributed by atoms with Gasteiger partial charge < -0.3 is 14.8 Å². The summed E-state index contributed by atoms with van der Waals surface area (Å²) in [6.45, 7) is 1.62. The van der Waals surface area contributed by atoms with Crippen LogP contribution in [0.5, 0.6) is 5.75 Å². The minimum atomic E-state index is -0.132. The molecular weight excluding hydrogens is 268 g/mol. The predicted molar refractivity (Wildman–Crippen MR) is 82.1 cm³/mol. The van der Waals surface area contributed by atoms with Crippen LogP contribution in [0.15, 0.2) is 41.6 Å². The zero-order valence-electron chi connectivity index (χ0n) is 12.3. The van der Waals surface area contributed by atoms with Gasteiger partial charge in [-0.3, -0.25) is 4.79 Å². The molecule has 2 aromatic carbocycles. The fourth-order valence-corrected chi connectivity index (χ4v) is 2.00. The molecule has 0 aliphatic carbocycles. The molecule has 0 aliphatic rings. The van der Waals surface area contributed by atoms with E-state index in [4.69, 9.17) is 9.94 Å². The number of benzene rings is 2. The van der Waals surface area contributed by atoms with Crippen molar-refractivity contribution in [2.75, 3.05) is 20.7 Å². The predicted octanol–water partition coefficient (Wildman–Crippen LogP) is 2.51. The fraction of sp³-hybridized carbons (Fsp3) is 0.250. The van der Waals surface area contributed by atoms with E-state index in [-0.39, 0.29) is 12.5 Å². The van der Waals surface area contributed by atoms with Gasteiger partial charge in [-0.15, -0.1) is 0 Å². The number of hydrogen-bond acceptors (Lipinski definition) is 4. The van der Waals surface area contributed by atoms with E-state index in [1.165, 1.54) is 4.90 Å². The van der Waals surface area contributed by atoms with Crippen LogP contribution in [0.4, 0.5) is 0 Å². The Bertz CT molecular complexity index is 693. The molecule has 0 aromatic heterocycles. The maximum absolute atomic E-state index is 11.7. The smallest absolute Gasteiger partial charge is 0.259 e. The number of carbonyl (C=O) groups excluding carboxylic acids is 1. The molecule has 0 fully saturated rings. The second kappa shape index (κ2) is 6.26. The fourth-order valence-electron chi connectivity index (χ4n) is 2.00. The van der Waals surface area contributed by atoms with Crippen LogP contribution < -0.4 is 4.74 Å². The summed E-state index contributed by atoms with van der Waals surface area (Å²) >= 11 is 0. The van der Waals surface area contributed by atoms with Gasteiger partial charge in [-0.2, -0.15) is 0 Å². The van der Waals surface area contributed by atoms with Crippen LogP contribution in [0.2, 0.25) is 0 Å². The highest BCUT2D eigenvalue weighted by molar-refractivity contribution is 6.06. The number of carbonyl (C=O) groups is 1. The van der Waals surface area contributed by atoms with Gasteiger partial charge in [0.05, 0.1) is 5.71 Å². The molecule has 0 aliphatic heterocycles. The normalized spacial score (nSPS) is 11.5. The van der Waals surface area contributed by atoms with Crippen molar-refractivity contribution in [3.05, 3.63) is 42.0 Å². The zero-order valence-corrected chi connectivity index (χ0v) is 12.3. The molecule has 0 heterocycles. The molecule has 0 radical (unpaired) electrons. The molecule has 2 aromatic rings. The van der Waals surface area contributed by atoms with Crippen molar-refractivity contribution >= 4 is 22.4 Å². The number of rotatable bonds is 4. The lowest BCUT2D eigenvalue weighted by Crippen LogP contribution is -2.27. The lowest BCUT2D eigenvalue weighted by molar-refractivity contribution is -0.130. The van der Waals surface area contributed by atoms with Crippen molar-refractivity contribution < 1.29 is 14.7 Å². The molecule has 0 spiro atoms. The SMILES string of the molecule is C/C(=N\O)c1ccc2ccccc2c1OCC(=O)N(C)C. The quantitative estimate of drug-likeness (QED) is 0.533. The summed E-state index contributed by atoms with van der Waals surface area (Å²) < 4.78 is 5.71. The number of likely N-dealkylation sites (N-methyl/N-ethyl adjacent to an activating group) is 1. The molecule has 0 atom stereocenters. The number of ether oxygens (including phenoxy) is 1. The van der Waals surface area contributed by atoms with Crippen molar-refractivity contribution in [2.24, 2.45) is 5.16 Å². The van der Waals surface area contributed by atoms with Crippen LogP contribution in [0.25, 0.3) is 10.8 Å². The Balaban J connectivity index is 2.48. The second-order valence-corrected chi connectivity index (χ2v) is 4.93. The first-order chi connectivity index (χ1) is 10.0. The zero-order chi connectivity index (χ0) is 15.4. The molecule has 0 saturated carbocycles. The summed E-state index contributed by atoms with van der Waals surface area (Å²) in [6, 6.07) is 11.5. The molecule has 5 nitrogen and oxygen atoms in total. The van der Waals surface area contributed by atoms with Gasteiger partial charge in [0.15, 0.2) is 6.61 Å². The van der Waals surface area contributed by atoms with Gasteiger partial charge in [-0.25, -0.2) is 0 Å². The minimum Gasteiger partial charge on any atom is -0.482 e. The van der Waals surface area contributed by atoms with E-state index in [2.05, 4.69) is 5.16 Å². The summed E-state index contributed by atoms with van der Waals surface area (Å²) in [4.78, 5) is 13.2. The lowest BCUT2D eigenvalue weighted by atomic mass is 10.0. The molecular formula is C16H18N2O3. The van der Waals surface area contributed by atoms with E-state index in [9.17, 15) is 4.79 Å². The highest BCUT2D eigenvalue weighted by atomic mass is 16.5. The minimum absolute atomic E-state index is 0.0628. The summed E-state index contributed by atoms with van der Waals surface area (Å²) in [6.07, 6.45) is 0. The highest BCUT2D eigenvalue weighted by Gasteiger charge is 2.14. The van der Waals surface area contributed by atoms with Gasteiger partial charge in [0.25, 0.3) is 5.91 Å². The van der Waals surface area contributed by atoms with Crippen molar-refractivity contribution in [2.45, 2.75) is 6.92 Å². The molecule has 1 N–H and O–H groups in total. The van der Waals surface area contributed by atoms with Crippen LogP contribution >= 0.6 is 0 Å². The Kier molecular flexibility index (Phi) is 4.42. The third-order valence-electron chi connectivity index (χ3n) is 3.26. The summed E-state index contributed by atoms with van der Waals surface area (Å²) in [7, 11) is 3.35.